The number of esters is 1. The molecule has 0 aliphatic carbocycles. The maximum Gasteiger partial charge on any atom is 0.325 e. The number of benzene rings is 2. The summed E-state index contributed by atoms with van der Waals surface area (Å²) >= 11 is 0. The van der Waals surface area contributed by atoms with Gasteiger partial charge in [0.1, 0.15) is 13.2 Å². The van der Waals surface area contributed by atoms with E-state index in [1.54, 1.807) is 0 Å². The summed E-state index contributed by atoms with van der Waals surface area (Å²) in [6.45, 7) is 2.14. The van der Waals surface area contributed by atoms with E-state index in [1.165, 1.54) is 0 Å². The van der Waals surface area contributed by atoms with Crippen molar-refractivity contribution >= 4 is 11.9 Å². The topological polar surface area (TPSA) is 55.4 Å². The molecule has 24 heavy (non-hydrogen) atoms. The van der Waals surface area contributed by atoms with Crippen LogP contribution in [0.2, 0.25) is 0 Å². The maximum absolute atomic E-state index is 12.4. The molecular weight excluding hydrogens is 302 g/mol. The number of carbonyl (C=O) groups excluding carboxylic acids is 2. The molecule has 4 heteroatoms. The average Bonchev–Trinajstić information content (AvgIpc) is 2.64. The number of nitrogens with one attached hydrogen (secondary N) is 1. The minimum absolute atomic E-state index is 0.112. The summed E-state index contributed by atoms with van der Waals surface area (Å²) in [5.41, 5.74) is 1.89. The molecule has 2 rings (SSSR count). The molecule has 0 unspecified atom stereocenters. The molecule has 1 amide bonds. The number of ether oxygens (including phenoxy) is 1. The van der Waals surface area contributed by atoms with Gasteiger partial charge in [-0.2, -0.15) is 0 Å². The first kappa shape index (κ1) is 17.7. The summed E-state index contributed by atoms with van der Waals surface area (Å²) in [4.78, 5) is 24.2. The zero-order valence-corrected chi connectivity index (χ0v) is 13.9. The van der Waals surface area contributed by atoms with Gasteiger partial charge in [0.05, 0.1) is 5.92 Å². The van der Waals surface area contributed by atoms with Crippen LogP contribution in [0.5, 0.6) is 0 Å². The molecule has 0 aliphatic heterocycles. The number of rotatable bonds is 8. The smallest absolute Gasteiger partial charge is 0.325 e. The molecule has 2 aromatic carbocycles. The van der Waals surface area contributed by atoms with Crippen molar-refractivity contribution in [3.8, 4) is 0 Å². The van der Waals surface area contributed by atoms with Crippen molar-refractivity contribution in [2.45, 2.75) is 32.3 Å². The second kappa shape index (κ2) is 9.50. The van der Waals surface area contributed by atoms with Gasteiger partial charge < -0.3 is 10.1 Å². The highest BCUT2D eigenvalue weighted by atomic mass is 16.5. The molecule has 2 aromatic rings. The fraction of sp³-hybridized carbons (Fsp3) is 0.300. The molecular formula is C20H23NO3. The summed E-state index contributed by atoms with van der Waals surface area (Å²) < 4.78 is 5.17. The van der Waals surface area contributed by atoms with Crippen LogP contribution in [0.1, 0.15) is 36.8 Å². The summed E-state index contributed by atoms with van der Waals surface area (Å²) in [6.07, 6.45) is 1.64. The Balaban J connectivity index is 1.83. The Morgan fingerprint density at radius 2 is 1.62 bits per heavy atom. The Morgan fingerprint density at radius 3 is 2.25 bits per heavy atom. The predicted molar refractivity (Wildman–Crippen MR) is 93.3 cm³/mol. The molecule has 0 heterocycles. The Kier molecular flexibility index (Phi) is 7.02. The Labute approximate surface area is 142 Å². The second-order valence-corrected chi connectivity index (χ2v) is 5.62. The molecule has 0 saturated carbocycles. The van der Waals surface area contributed by atoms with Gasteiger partial charge in [0.2, 0.25) is 5.91 Å². The first-order chi connectivity index (χ1) is 11.7. The van der Waals surface area contributed by atoms with Gasteiger partial charge in [0, 0.05) is 0 Å². The van der Waals surface area contributed by atoms with Crippen molar-refractivity contribution in [3.63, 3.8) is 0 Å². The van der Waals surface area contributed by atoms with Crippen LogP contribution < -0.4 is 5.32 Å². The van der Waals surface area contributed by atoms with E-state index in [9.17, 15) is 9.59 Å². The SMILES string of the molecule is CCC[C@H](C(=O)NCC(=O)OCc1ccccc1)c1ccccc1. The van der Waals surface area contributed by atoms with Crippen LogP contribution >= 0.6 is 0 Å². The molecule has 1 N–H and O–H groups in total. The molecule has 126 valence electrons. The predicted octanol–water partition coefficient (Wildman–Crippen LogP) is 3.43. The molecule has 0 radical (unpaired) electrons. The Bertz CT molecular complexity index is 640. The van der Waals surface area contributed by atoms with E-state index < -0.39 is 5.97 Å². The van der Waals surface area contributed by atoms with E-state index in [1.807, 2.05) is 67.6 Å². The van der Waals surface area contributed by atoms with Crippen LogP contribution in [0.4, 0.5) is 0 Å². The molecule has 0 aromatic heterocycles. The molecule has 4 nitrogen and oxygen atoms in total. The molecule has 0 bridgehead atoms. The zero-order valence-electron chi connectivity index (χ0n) is 13.9. The van der Waals surface area contributed by atoms with Crippen molar-refractivity contribution in [1.82, 2.24) is 5.32 Å². The zero-order chi connectivity index (χ0) is 17.2. The highest BCUT2D eigenvalue weighted by molar-refractivity contribution is 5.86. The number of carbonyl (C=O) groups is 2. The van der Waals surface area contributed by atoms with Crippen LogP contribution in [0, 0.1) is 0 Å². The molecule has 0 fully saturated rings. The van der Waals surface area contributed by atoms with E-state index in [4.69, 9.17) is 4.74 Å². The van der Waals surface area contributed by atoms with E-state index in [2.05, 4.69) is 5.32 Å². The van der Waals surface area contributed by atoms with Gasteiger partial charge in [-0.05, 0) is 17.5 Å². The molecule has 1 atom stereocenters. The van der Waals surface area contributed by atoms with E-state index in [0.717, 1.165) is 24.0 Å². The van der Waals surface area contributed by atoms with Crippen molar-refractivity contribution in [2.75, 3.05) is 6.54 Å². The fourth-order valence-electron chi connectivity index (χ4n) is 2.49. The maximum atomic E-state index is 12.4. The lowest BCUT2D eigenvalue weighted by Gasteiger charge is -2.16. The second-order valence-electron chi connectivity index (χ2n) is 5.62. The van der Waals surface area contributed by atoms with Gasteiger partial charge in [0.15, 0.2) is 0 Å². The average molecular weight is 325 g/mol. The summed E-state index contributed by atoms with van der Waals surface area (Å²) in [6, 6.07) is 19.1. The van der Waals surface area contributed by atoms with E-state index in [0.29, 0.717) is 0 Å². The van der Waals surface area contributed by atoms with Crippen LogP contribution in [-0.4, -0.2) is 18.4 Å². The Morgan fingerprint density at radius 1 is 1.00 bits per heavy atom. The summed E-state index contributed by atoms with van der Waals surface area (Å²) in [5.74, 6) is -0.812. The van der Waals surface area contributed by atoms with E-state index in [-0.39, 0.29) is 25.0 Å². The Hall–Kier alpha value is -2.62. The number of hydrogen-bond donors (Lipinski definition) is 1. The fourth-order valence-corrected chi connectivity index (χ4v) is 2.49. The summed E-state index contributed by atoms with van der Waals surface area (Å²) in [7, 11) is 0. The van der Waals surface area contributed by atoms with Gasteiger partial charge in [-0.15, -0.1) is 0 Å². The van der Waals surface area contributed by atoms with E-state index >= 15 is 0 Å². The van der Waals surface area contributed by atoms with Gasteiger partial charge in [-0.1, -0.05) is 74.0 Å². The van der Waals surface area contributed by atoms with Gasteiger partial charge in [-0.25, -0.2) is 0 Å². The monoisotopic (exact) mass is 325 g/mol. The largest absolute Gasteiger partial charge is 0.460 e. The third-order valence-electron chi connectivity index (χ3n) is 3.75. The van der Waals surface area contributed by atoms with Crippen molar-refractivity contribution in [3.05, 3.63) is 71.8 Å². The third-order valence-corrected chi connectivity index (χ3v) is 3.75. The lowest BCUT2D eigenvalue weighted by Crippen LogP contribution is -2.34. The van der Waals surface area contributed by atoms with Crippen LogP contribution in [0.25, 0.3) is 0 Å². The molecule has 0 spiro atoms. The van der Waals surface area contributed by atoms with Gasteiger partial charge >= 0.3 is 5.97 Å². The van der Waals surface area contributed by atoms with Crippen LogP contribution in [-0.2, 0) is 20.9 Å². The highest BCUT2D eigenvalue weighted by Crippen LogP contribution is 2.21. The number of amides is 1. The lowest BCUT2D eigenvalue weighted by molar-refractivity contribution is -0.145. The summed E-state index contributed by atoms with van der Waals surface area (Å²) in [5, 5.41) is 2.69. The van der Waals surface area contributed by atoms with Crippen molar-refractivity contribution in [1.29, 1.82) is 0 Å². The van der Waals surface area contributed by atoms with Crippen LogP contribution in [0.15, 0.2) is 60.7 Å². The number of hydrogen-bond acceptors (Lipinski definition) is 3. The quantitative estimate of drug-likeness (QED) is 0.757. The normalized spacial score (nSPS) is 11.5. The standard InChI is InChI=1S/C20H23NO3/c1-2-9-18(17-12-7-4-8-13-17)20(23)21-14-19(22)24-15-16-10-5-3-6-11-16/h3-8,10-13,18H,2,9,14-15H2,1H3,(H,21,23)/t18-/m0/s1. The third kappa shape index (κ3) is 5.54. The van der Waals surface area contributed by atoms with Crippen molar-refractivity contribution < 1.29 is 14.3 Å². The van der Waals surface area contributed by atoms with Crippen molar-refractivity contribution in [2.24, 2.45) is 0 Å². The lowest BCUT2D eigenvalue weighted by atomic mass is 9.94. The molecule has 0 saturated heterocycles. The first-order valence-corrected chi connectivity index (χ1v) is 8.23. The highest BCUT2D eigenvalue weighted by Gasteiger charge is 2.20. The van der Waals surface area contributed by atoms with Crippen LogP contribution in [0.3, 0.4) is 0 Å². The minimum Gasteiger partial charge on any atom is -0.460 e. The molecule has 0 aliphatic rings. The van der Waals surface area contributed by atoms with Gasteiger partial charge in [-0.3, -0.25) is 9.59 Å². The first-order valence-electron chi connectivity index (χ1n) is 8.23. The minimum atomic E-state index is -0.435. The van der Waals surface area contributed by atoms with Gasteiger partial charge in [0.25, 0.3) is 0 Å².